The molecule has 2 aliphatic carbocycles. The number of nitrogens with one attached hydrogen (secondary N) is 1. The van der Waals surface area contributed by atoms with Gasteiger partial charge >= 0.3 is 0 Å². The van der Waals surface area contributed by atoms with Crippen molar-refractivity contribution >= 4 is 18.3 Å². The van der Waals surface area contributed by atoms with Gasteiger partial charge in [-0.15, -0.1) is 12.4 Å². The predicted molar refractivity (Wildman–Crippen MR) is 92.3 cm³/mol. The highest BCUT2D eigenvalue weighted by Gasteiger charge is 2.61. The second-order valence-electron chi connectivity index (χ2n) is 6.65. The summed E-state index contributed by atoms with van der Waals surface area (Å²) in [7, 11) is 0. The van der Waals surface area contributed by atoms with Crippen LogP contribution in [-0.2, 0) is 16.6 Å². The van der Waals surface area contributed by atoms with Crippen LogP contribution in [0.2, 0.25) is 0 Å². The Morgan fingerprint density at radius 2 is 2.23 bits per heavy atom. The van der Waals surface area contributed by atoms with E-state index in [1.807, 2.05) is 0 Å². The largest absolute Gasteiger partial charge is 0.352 e. The van der Waals surface area contributed by atoms with Crippen molar-refractivity contribution in [2.75, 3.05) is 6.54 Å². The van der Waals surface area contributed by atoms with E-state index < -0.39 is 0 Å². The number of benzene rings is 1. The molecule has 0 aliphatic heterocycles. The summed E-state index contributed by atoms with van der Waals surface area (Å²) in [4.78, 5) is 12.5. The summed E-state index contributed by atoms with van der Waals surface area (Å²) in [5.41, 5.74) is 8.79. The Morgan fingerprint density at radius 1 is 1.45 bits per heavy atom. The van der Waals surface area contributed by atoms with Crippen molar-refractivity contribution in [3.05, 3.63) is 35.4 Å². The number of hydrogen-bond donors (Lipinski definition) is 2. The smallest absolute Gasteiger partial charge is 0.224 e. The molecule has 0 aromatic heterocycles. The van der Waals surface area contributed by atoms with Gasteiger partial charge in [-0.3, -0.25) is 4.79 Å². The Balaban J connectivity index is 0.00000176. The number of rotatable bonds is 6. The van der Waals surface area contributed by atoms with Gasteiger partial charge in [0, 0.05) is 23.9 Å². The molecule has 0 heterocycles. The summed E-state index contributed by atoms with van der Waals surface area (Å²) in [6.45, 7) is 2.71. The predicted octanol–water partition coefficient (Wildman–Crippen LogP) is 2.95. The van der Waals surface area contributed by atoms with Gasteiger partial charge in [0.2, 0.25) is 5.91 Å². The van der Waals surface area contributed by atoms with Crippen molar-refractivity contribution in [2.24, 2.45) is 11.7 Å². The summed E-state index contributed by atoms with van der Waals surface area (Å²) in [5.74, 6) is 0.384. The zero-order valence-electron chi connectivity index (χ0n) is 13.3. The van der Waals surface area contributed by atoms with E-state index >= 15 is 0 Å². The molecule has 0 saturated heterocycles. The first-order valence-corrected chi connectivity index (χ1v) is 8.30. The number of aryl methyl sites for hydroxylation is 1. The molecule has 1 saturated carbocycles. The summed E-state index contributed by atoms with van der Waals surface area (Å²) < 4.78 is 0. The maximum Gasteiger partial charge on any atom is 0.224 e. The first-order valence-electron chi connectivity index (χ1n) is 8.30. The molecule has 0 radical (unpaired) electrons. The molecule has 4 heteroatoms. The minimum Gasteiger partial charge on any atom is -0.352 e. The Bertz CT molecular complexity index is 534. The summed E-state index contributed by atoms with van der Waals surface area (Å²) >= 11 is 0. The van der Waals surface area contributed by atoms with Gasteiger partial charge in [0.1, 0.15) is 0 Å². The van der Waals surface area contributed by atoms with Crippen LogP contribution in [0.4, 0.5) is 0 Å². The molecule has 3 N–H and O–H groups in total. The van der Waals surface area contributed by atoms with E-state index in [0.29, 0.717) is 6.54 Å². The molecule has 1 aromatic carbocycles. The fourth-order valence-electron chi connectivity index (χ4n) is 3.94. The quantitative estimate of drug-likeness (QED) is 0.846. The highest BCUT2D eigenvalue weighted by molar-refractivity contribution is 5.85. The van der Waals surface area contributed by atoms with E-state index in [4.69, 9.17) is 5.73 Å². The number of unbranched alkanes of at least 4 members (excludes halogenated alkanes) is 1. The van der Waals surface area contributed by atoms with Crippen LogP contribution in [0.1, 0.15) is 50.2 Å². The van der Waals surface area contributed by atoms with E-state index in [1.165, 1.54) is 11.1 Å². The Morgan fingerprint density at radius 3 is 2.95 bits per heavy atom. The zero-order chi connectivity index (χ0) is 14.9. The standard InChI is InChI=1S/C18H26N2O.ClH/c1-2-3-7-14(12-19)20-17(21)16-11-18(16)10-9-13-6-4-5-8-15(13)18;/h4-6,8,14,16H,2-3,7,9-12,19H2,1H3,(H,20,21);1H. The van der Waals surface area contributed by atoms with Crippen molar-refractivity contribution in [1.29, 1.82) is 0 Å². The first-order chi connectivity index (χ1) is 10.2. The average Bonchev–Trinajstić information content (AvgIpc) is 3.13. The van der Waals surface area contributed by atoms with Crippen molar-refractivity contribution in [2.45, 2.75) is 56.9 Å². The van der Waals surface area contributed by atoms with Gasteiger partial charge < -0.3 is 11.1 Å². The van der Waals surface area contributed by atoms with E-state index in [1.54, 1.807) is 0 Å². The van der Waals surface area contributed by atoms with Crippen molar-refractivity contribution in [1.82, 2.24) is 5.32 Å². The summed E-state index contributed by atoms with van der Waals surface area (Å²) in [5, 5.41) is 3.18. The van der Waals surface area contributed by atoms with Crippen molar-refractivity contribution in [3.63, 3.8) is 0 Å². The van der Waals surface area contributed by atoms with Crippen molar-refractivity contribution < 1.29 is 4.79 Å². The Labute approximate surface area is 139 Å². The molecule has 1 fully saturated rings. The van der Waals surface area contributed by atoms with Crippen LogP contribution in [-0.4, -0.2) is 18.5 Å². The maximum atomic E-state index is 12.5. The molecule has 0 bridgehead atoms. The highest BCUT2D eigenvalue weighted by atomic mass is 35.5. The van der Waals surface area contributed by atoms with Gasteiger partial charge in [-0.2, -0.15) is 0 Å². The molecule has 3 unspecified atom stereocenters. The molecular formula is C18H27ClN2O. The number of hydrogen-bond acceptors (Lipinski definition) is 2. The molecule has 3 atom stereocenters. The van der Waals surface area contributed by atoms with Crippen LogP contribution in [0.5, 0.6) is 0 Å². The van der Waals surface area contributed by atoms with Crippen LogP contribution in [0.25, 0.3) is 0 Å². The van der Waals surface area contributed by atoms with E-state index in [0.717, 1.165) is 38.5 Å². The third-order valence-electron chi connectivity index (χ3n) is 5.32. The lowest BCUT2D eigenvalue weighted by atomic mass is 9.95. The lowest BCUT2D eigenvalue weighted by molar-refractivity contribution is -0.123. The fourth-order valence-corrected chi connectivity index (χ4v) is 3.94. The van der Waals surface area contributed by atoms with Crippen LogP contribution in [0.15, 0.2) is 24.3 Å². The third-order valence-corrected chi connectivity index (χ3v) is 5.32. The molecule has 3 nitrogen and oxygen atoms in total. The minimum atomic E-state index is 0. The minimum absolute atomic E-state index is 0. The van der Waals surface area contributed by atoms with Crippen LogP contribution < -0.4 is 11.1 Å². The van der Waals surface area contributed by atoms with Gasteiger partial charge in [-0.1, -0.05) is 44.0 Å². The number of nitrogens with two attached hydrogens (primary N) is 1. The van der Waals surface area contributed by atoms with Gasteiger partial charge in [-0.05, 0) is 36.8 Å². The molecule has 22 heavy (non-hydrogen) atoms. The fraction of sp³-hybridized carbons (Fsp3) is 0.611. The topological polar surface area (TPSA) is 55.1 Å². The van der Waals surface area contributed by atoms with Crippen LogP contribution in [0.3, 0.4) is 0 Å². The Kier molecular flexibility index (Phi) is 5.51. The maximum absolute atomic E-state index is 12.5. The van der Waals surface area contributed by atoms with E-state index in [9.17, 15) is 4.79 Å². The molecule has 2 aliphatic rings. The number of carbonyl (C=O) groups is 1. The number of amides is 1. The third kappa shape index (κ3) is 3.02. The molecule has 1 spiro atoms. The first kappa shape index (κ1) is 17.3. The lowest BCUT2D eigenvalue weighted by Gasteiger charge is -2.18. The average molecular weight is 323 g/mol. The number of fused-ring (bicyclic) bond motifs is 2. The van der Waals surface area contributed by atoms with Crippen molar-refractivity contribution in [3.8, 4) is 0 Å². The molecule has 1 amide bonds. The molecule has 3 rings (SSSR count). The van der Waals surface area contributed by atoms with Gasteiger partial charge in [0.05, 0.1) is 0 Å². The van der Waals surface area contributed by atoms with Gasteiger partial charge in [0.25, 0.3) is 0 Å². The SMILES string of the molecule is CCCCC(CN)NC(=O)C1CC12CCc1ccccc12.Cl. The second kappa shape index (κ2) is 7.01. The highest BCUT2D eigenvalue weighted by Crippen LogP contribution is 2.61. The second-order valence-corrected chi connectivity index (χ2v) is 6.65. The molecular weight excluding hydrogens is 296 g/mol. The monoisotopic (exact) mass is 322 g/mol. The molecule has 1 aromatic rings. The summed E-state index contributed by atoms with van der Waals surface area (Å²) in [6.07, 6.45) is 6.53. The zero-order valence-corrected chi connectivity index (χ0v) is 14.1. The van der Waals surface area contributed by atoms with Crippen LogP contribution in [0, 0.1) is 5.92 Å². The van der Waals surface area contributed by atoms with Crippen LogP contribution >= 0.6 is 12.4 Å². The molecule has 122 valence electrons. The number of halogens is 1. The van der Waals surface area contributed by atoms with Gasteiger partial charge in [0.15, 0.2) is 0 Å². The normalized spacial score (nSPS) is 26.2. The summed E-state index contributed by atoms with van der Waals surface area (Å²) in [6, 6.07) is 8.77. The lowest BCUT2D eigenvalue weighted by Crippen LogP contribution is -2.41. The Hall–Kier alpha value is -1.06. The van der Waals surface area contributed by atoms with E-state index in [2.05, 4.69) is 36.5 Å². The van der Waals surface area contributed by atoms with E-state index in [-0.39, 0.29) is 35.7 Å². The van der Waals surface area contributed by atoms with Gasteiger partial charge in [-0.25, -0.2) is 0 Å². The number of carbonyl (C=O) groups excluding carboxylic acids is 1.